The fraction of sp³-hybridized carbons (Fsp3) is 0.500. The molecule has 1 unspecified atom stereocenters. The Kier molecular flexibility index (Phi) is 2.88. The highest BCUT2D eigenvalue weighted by Gasteiger charge is 2.29. The molecule has 6 nitrogen and oxygen atoms in total. The topological polar surface area (TPSA) is 72.9 Å². The van der Waals surface area contributed by atoms with Gasteiger partial charge in [0, 0.05) is 31.9 Å². The van der Waals surface area contributed by atoms with Gasteiger partial charge in [0.1, 0.15) is 5.82 Å². The van der Waals surface area contributed by atoms with E-state index in [1.54, 1.807) is 0 Å². The maximum Gasteiger partial charge on any atom is 0.306 e. The van der Waals surface area contributed by atoms with Crippen LogP contribution in [0.5, 0.6) is 0 Å². The Morgan fingerprint density at radius 1 is 1.45 bits per heavy atom. The summed E-state index contributed by atoms with van der Waals surface area (Å²) in [5, 5.41) is 13.4. The minimum absolute atomic E-state index is 0.305. The lowest BCUT2D eigenvalue weighted by atomic mass is 9.90. The van der Waals surface area contributed by atoms with Crippen LogP contribution >= 0.6 is 0 Å². The SMILES string of the molecule is Cc1c(-c2nc3c(n2C)CCC(C(=O)O)C3)cnn1C. The Morgan fingerprint density at radius 3 is 2.80 bits per heavy atom. The number of aliphatic carboxylic acids is 1. The molecule has 2 aromatic heterocycles. The number of fused-ring (bicyclic) bond motifs is 1. The lowest BCUT2D eigenvalue weighted by Gasteiger charge is -2.18. The molecule has 0 aromatic carbocycles. The van der Waals surface area contributed by atoms with Crippen LogP contribution in [0.1, 0.15) is 23.5 Å². The number of rotatable bonds is 2. The molecule has 0 aliphatic heterocycles. The van der Waals surface area contributed by atoms with Crippen LogP contribution in [0, 0.1) is 12.8 Å². The van der Waals surface area contributed by atoms with Crippen molar-refractivity contribution in [2.45, 2.75) is 26.2 Å². The lowest BCUT2D eigenvalue weighted by molar-refractivity contribution is -0.142. The fourth-order valence-corrected chi connectivity index (χ4v) is 2.88. The summed E-state index contributed by atoms with van der Waals surface area (Å²) in [6.07, 6.45) is 3.80. The average molecular weight is 274 g/mol. The van der Waals surface area contributed by atoms with Gasteiger partial charge in [-0.3, -0.25) is 9.48 Å². The Labute approximate surface area is 117 Å². The van der Waals surface area contributed by atoms with E-state index in [0.29, 0.717) is 12.8 Å². The molecule has 1 atom stereocenters. The third kappa shape index (κ3) is 1.83. The van der Waals surface area contributed by atoms with Gasteiger partial charge < -0.3 is 9.67 Å². The molecule has 1 aliphatic carbocycles. The Bertz CT molecular complexity index is 684. The quantitative estimate of drug-likeness (QED) is 0.896. The minimum atomic E-state index is -0.722. The zero-order valence-corrected chi connectivity index (χ0v) is 11.9. The second-order valence-corrected chi connectivity index (χ2v) is 5.43. The third-order valence-corrected chi connectivity index (χ3v) is 4.29. The number of carboxylic acids is 1. The monoisotopic (exact) mass is 274 g/mol. The molecule has 0 bridgehead atoms. The van der Waals surface area contributed by atoms with Crippen LogP contribution in [-0.4, -0.2) is 30.4 Å². The van der Waals surface area contributed by atoms with E-state index < -0.39 is 5.97 Å². The zero-order valence-electron chi connectivity index (χ0n) is 11.9. The first kappa shape index (κ1) is 12.9. The molecular weight excluding hydrogens is 256 g/mol. The van der Waals surface area contributed by atoms with Crippen molar-refractivity contribution < 1.29 is 9.90 Å². The number of carbonyl (C=O) groups is 1. The number of imidazole rings is 1. The summed E-state index contributed by atoms with van der Waals surface area (Å²) in [5.74, 6) is -0.146. The second kappa shape index (κ2) is 4.47. The number of aryl methyl sites for hydroxylation is 1. The van der Waals surface area contributed by atoms with Gasteiger partial charge in [0.25, 0.3) is 0 Å². The van der Waals surface area contributed by atoms with Crippen LogP contribution in [0.15, 0.2) is 6.20 Å². The number of carboxylic acid groups (broad SMARTS) is 1. The Hall–Kier alpha value is -2.11. The normalized spacial score (nSPS) is 18.1. The number of nitrogens with zero attached hydrogens (tertiary/aromatic N) is 4. The van der Waals surface area contributed by atoms with Gasteiger partial charge in [-0.15, -0.1) is 0 Å². The molecule has 1 N–H and O–H groups in total. The molecule has 20 heavy (non-hydrogen) atoms. The summed E-state index contributed by atoms with van der Waals surface area (Å²) >= 11 is 0. The van der Waals surface area contributed by atoms with Gasteiger partial charge in [-0.2, -0.15) is 5.10 Å². The van der Waals surface area contributed by atoms with Crippen molar-refractivity contribution in [3.05, 3.63) is 23.3 Å². The van der Waals surface area contributed by atoms with Gasteiger partial charge in [-0.05, 0) is 19.8 Å². The Balaban J connectivity index is 2.04. The summed E-state index contributed by atoms with van der Waals surface area (Å²) < 4.78 is 3.90. The Morgan fingerprint density at radius 2 is 2.20 bits per heavy atom. The third-order valence-electron chi connectivity index (χ3n) is 4.29. The van der Waals surface area contributed by atoms with Crippen molar-refractivity contribution in [3.8, 4) is 11.4 Å². The molecule has 0 fully saturated rings. The van der Waals surface area contributed by atoms with Crippen molar-refractivity contribution in [1.82, 2.24) is 19.3 Å². The van der Waals surface area contributed by atoms with Gasteiger partial charge in [0.15, 0.2) is 0 Å². The molecule has 6 heteroatoms. The minimum Gasteiger partial charge on any atom is -0.481 e. The van der Waals surface area contributed by atoms with Crippen LogP contribution in [0.25, 0.3) is 11.4 Å². The number of hydrogen-bond acceptors (Lipinski definition) is 3. The molecule has 2 aromatic rings. The average Bonchev–Trinajstić information content (AvgIpc) is 2.91. The smallest absolute Gasteiger partial charge is 0.306 e. The van der Waals surface area contributed by atoms with Gasteiger partial charge in [0.05, 0.1) is 23.4 Å². The van der Waals surface area contributed by atoms with Crippen molar-refractivity contribution >= 4 is 5.97 Å². The molecule has 106 valence electrons. The fourth-order valence-electron chi connectivity index (χ4n) is 2.88. The van der Waals surface area contributed by atoms with Gasteiger partial charge in [0.2, 0.25) is 0 Å². The van der Waals surface area contributed by atoms with Gasteiger partial charge in [-0.25, -0.2) is 4.98 Å². The summed E-state index contributed by atoms with van der Waals surface area (Å²) in [6, 6.07) is 0. The molecule has 0 radical (unpaired) electrons. The predicted octanol–water partition coefficient (Wildman–Crippen LogP) is 1.32. The molecule has 0 amide bonds. The summed E-state index contributed by atoms with van der Waals surface area (Å²) in [5.41, 5.74) is 4.15. The maximum absolute atomic E-state index is 11.1. The van der Waals surface area contributed by atoms with Crippen molar-refractivity contribution in [2.24, 2.45) is 20.0 Å². The number of hydrogen-bond donors (Lipinski definition) is 1. The highest BCUT2D eigenvalue weighted by atomic mass is 16.4. The molecule has 0 saturated carbocycles. The van der Waals surface area contributed by atoms with E-state index in [0.717, 1.165) is 34.9 Å². The van der Waals surface area contributed by atoms with Crippen molar-refractivity contribution in [1.29, 1.82) is 0 Å². The van der Waals surface area contributed by atoms with E-state index in [1.807, 2.05) is 31.9 Å². The summed E-state index contributed by atoms with van der Waals surface area (Å²) in [4.78, 5) is 15.8. The van der Waals surface area contributed by atoms with Crippen LogP contribution < -0.4 is 0 Å². The van der Waals surface area contributed by atoms with E-state index >= 15 is 0 Å². The number of aromatic nitrogens is 4. The van der Waals surface area contributed by atoms with Crippen LogP contribution in [0.2, 0.25) is 0 Å². The standard InChI is InChI=1S/C14H18N4O2/c1-8-10(7-15-18(8)3)13-16-11-6-9(14(19)20)4-5-12(11)17(13)2/h7,9H,4-6H2,1-3H3,(H,19,20). The van der Waals surface area contributed by atoms with Crippen LogP contribution in [-0.2, 0) is 31.7 Å². The van der Waals surface area contributed by atoms with Gasteiger partial charge >= 0.3 is 5.97 Å². The van der Waals surface area contributed by atoms with E-state index in [4.69, 9.17) is 5.11 Å². The molecule has 1 aliphatic rings. The lowest BCUT2D eigenvalue weighted by Crippen LogP contribution is -2.22. The van der Waals surface area contributed by atoms with E-state index in [9.17, 15) is 4.79 Å². The summed E-state index contributed by atoms with van der Waals surface area (Å²) in [7, 11) is 3.90. The van der Waals surface area contributed by atoms with Gasteiger partial charge in [-0.1, -0.05) is 0 Å². The van der Waals surface area contributed by atoms with E-state index in [1.165, 1.54) is 0 Å². The van der Waals surface area contributed by atoms with Crippen molar-refractivity contribution in [2.75, 3.05) is 0 Å². The first-order valence-electron chi connectivity index (χ1n) is 6.75. The second-order valence-electron chi connectivity index (χ2n) is 5.43. The maximum atomic E-state index is 11.1. The predicted molar refractivity (Wildman–Crippen MR) is 73.3 cm³/mol. The molecule has 0 spiro atoms. The first-order chi connectivity index (χ1) is 9.49. The zero-order chi connectivity index (χ0) is 14.4. The van der Waals surface area contributed by atoms with Crippen LogP contribution in [0.3, 0.4) is 0 Å². The summed E-state index contributed by atoms with van der Waals surface area (Å²) in [6.45, 7) is 2.01. The van der Waals surface area contributed by atoms with E-state index in [-0.39, 0.29) is 5.92 Å². The first-order valence-corrected chi connectivity index (χ1v) is 6.75. The van der Waals surface area contributed by atoms with E-state index in [2.05, 4.69) is 14.6 Å². The van der Waals surface area contributed by atoms with Crippen molar-refractivity contribution in [3.63, 3.8) is 0 Å². The highest BCUT2D eigenvalue weighted by molar-refractivity contribution is 5.71. The largest absolute Gasteiger partial charge is 0.481 e. The molecule has 2 heterocycles. The molecule has 3 rings (SSSR count). The van der Waals surface area contributed by atoms with Crippen LogP contribution in [0.4, 0.5) is 0 Å². The molecular formula is C14H18N4O2. The highest BCUT2D eigenvalue weighted by Crippen LogP contribution is 2.30. The molecule has 0 saturated heterocycles.